The van der Waals surface area contributed by atoms with E-state index in [1.807, 2.05) is 37.3 Å². The van der Waals surface area contributed by atoms with Crippen molar-refractivity contribution in [2.24, 2.45) is 7.05 Å². The number of carboxylic acids is 1. The van der Waals surface area contributed by atoms with Crippen LogP contribution in [0.5, 0.6) is 0 Å². The first-order valence-electron chi connectivity index (χ1n) is 6.30. The van der Waals surface area contributed by atoms with Crippen molar-refractivity contribution in [3.63, 3.8) is 0 Å². The number of carboxylic acid groups (broad SMARTS) is 1. The van der Waals surface area contributed by atoms with E-state index in [1.54, 1.807) is 11.7 Å². The molecule has 104 valence electrons. The van der Waals surface area contributed by atoms with Crippen LogP contribution in [0.25, 0.3) is 0 Å². The van der Waals surface area contributed by atoms with Crippen molar-refractivity contribution in [3.8, 4) is 0 Å². The largest absolute Gasteiger partial charge is 0.481 e. The molecule has 0 aliphatic rings. The molecule has 5 heteroatoms. The maximum Gasteiger partial charge on any atom is 0.311 e. The summed E-state index contributed by atoms with van der Waals surface area (Å²) in [6.45, 7) is 1.88. The number of carbonyl (C=O) groups is 2. The third-order valence-corrected chi connectivity index (χ3v) is 3.26. The number of aryl methyl sites for hydroxylation is 1. The average Bonchev–Trinajstić information content (AvgIpc) is 2.68. The predicted octanol–water partition coefficient (Wildman–Crippen LogP) is 1.98. The number of aromatic nitrogens is 2. The molecule has 0 amide bonds. The molecule has 0 atom stereocenters. The molecule has 5 nitrogen and oxygen atoms in total. The van der Waals surface area contributed by atoms with Crippen LogP contribution < -0.4 is 0 Å². The lowest BCUT2D eigenvalue weighted by Crippen LogP contribution is -2.10. The van der Waals surface area contributed by atoms with E-state index in [1.165, 1.54) is 0 Å². The monoisotopic (exact) mass is 272 g/mol. The van der Waals surface area contributed by atoms with Crippen molar-refractivity contribution in [1.82, 2.24) is 9.78 Å². The van der Waals surface area contributed by atoms with E-state index >= 15 is 0 Å². The summed E-state index contributed by atoms with van der Waals surface area (Å²) in [4.78, 5) is 22.7. The lowest BCUT2D eigenvalue weighted by atomic mass is 10.0. The van der Waals surface area contributed by atoms with E-state index in [-0.39, 0.29) is 5.69 Å². The topological polar surface area (TPSA) is 72.2 Å². The van der Waals surface area contributed by atoms with E-state index in [0.29, 0.717) is 6.42 Å². The number of benzene rings is 1. The second-order valence-corrected chi connectivity index (χ2v) is 4.69. The minimum absolute atomic E-state index is 0.260. The summed E-state index contributed by atoms with van der Waals surface area (Å²) in [6.07, 6.45) is 0.0411. The molecule has 0 bridgehead atoms. The Morgan fingerprint density at radius 2 is 1.90 bits per heavy atom. The molecular weight excluding hydrogens is 256 g/mol. The first-order chi connectivity index (χ1) is 9.49. The molecule has 1 aromatic heterocycles. The highest BCUT2D eigenvalue weighted by molar-refractivity contribution is 6.05. The molecule has 0 saturated heterocycles. The van der Waals surface area contributed by atoms with Gasteiger partial charge in [-0.25, -0.2) is 0 Å². The van der Waals surface area contributed by atoms with Gasteiger partial charge in [-0.15, -0.1) is 0 Å². The Morgan fingerprint density at radius 1 is 1.25 bits per heavy atom. The Hall–Kier alpha value is -2.43. The van der Waals surface area contributed by atoms with Crippen molar-refractivity contribution in [2.45, 2.75) is 19.8 Å². The number of carbonyl (C=O) groups excluding carboxylic acids is 1. The highest BCUT2D eigenvalue weighted by Crippen LogP contribution is 2.19. The van der Waals surface area contributed by atoms with Gasteiger partial charge in [0.05, 0.1) is 0 Å². The van der Waals surface area contributed by atoms with Crippen molar-refractivity contribution in [1.29, 1.82) is 0 Å². The number of Topliss-reactive ketones (excluding diaryl/α,β-unsaturated/α-hetero) is 1. The van der Waals surface area contributed by atoms with Crippen LogP contribution in [0, 0.1) is 6.92 Å². The lowest BCUT2D eigenvalue weighted by Gasteiger charge is -2.03. The highest BCUT2D eigenvalue weighted by atomic mass is 16.4. The third-order valence-electron chi connectivity index (χ3n) is 3.26. The quantitative estimate of drug-likeness (QED) is 0.667. The summed E-state index contributed by atoms with van der Waals surface area (Å²) in [7, 11) is 1.75. The van der Waals surface area contributed by atoms with Gasteiger partial charge in [-0.05, 0) is 12.5 Å². The maximum absolute atomic E-state index is 12.0. The minimum atomic E-state index is -1.14. The van der Waals surface area contributed by atoms with Gasteiger partial charge < -0.3 is 5.11 Å². The van der Waals surface area contributed by atoms with Crippen LogP contribution in [-0.2, 0) is 18.3 Å². The molecule has 0 aliphatic heterocycles. The van der Waals surface area contributed by atoms with E-state index in [9.17, 15) is 9.59 Å². The molecule has 1 aromatic carbocycles. The molecule has 0 radical (unpaired) electrons. The van der Waals surface area contributed by atoms with Gasteiger partial charge >= 0.3 is 5.97 Å². The van der Waals surface area contributed by atoms with Crippen molar-refractivity contribution < 1.29 is 14.7 Å². The summed E-state index contributed by atoms with van der Waals surface area (Å²) in [6, 6.07) is 9.73. The lowest BCUT2D eigenvalue weighted by molar-refractivity contribution is -0.135. The second kappa shape index (κ2) is 5.69. The molecule has 2 aromatic rings. The van der Waals surface area contributed by atoms with E-state index < -0.39 is 18.2 Å². The van der Waals surface area contributed by atoms with Gasteiger partial charge in [-0.2, -0.15) is 5.10 Å². The van der Waals surface area contributed by atoms with Crippen molar-refractivity contribution in [2.75, 3.05) is 0 Å². The average molecular weight is 272 g/mol. The summed E-state index contributed by atoms with van der Waals surface area (Å²) in [5.74, 6) is -1.59. The fourth-order valence-electron chi connectivity index (χ4n) is 2.11. The second-order valence-electron chi connectivity index (χ2n) is 4.69. The number of hydrogen-bond acceptors (Lipinski definition) is 3. The Labute approximate surface area is 116 Å². The van der Waals surface area contributed by atoms with Gasteiger partial charge in [-0.3, -0.25) is 14.3 Å². The van der Waals surface area contributed by atoms with Gasteiger partial charge in [0.1, 0.15) is 12.1 Å². The first-order valence-corrected chi connectivity index (χ1v) is 6.30. The molecule has 0 spiro atoms. The van der Waals surface area contributed by atoms with E-state index in [4.69, 9.17) is 5.11 Å². The van der Waals surface area contributed by atoms with Crippen LogP contribution in [0.15, 0.2) is 30.3 Å². The fourth-order valence-corrected chi connectivity index (χ4v) is 2.11. The molecule has 1 N–H and O–H groups in total. The van der Waals surface area contributed by atoms with E-state index in [2.05, 4.69) is 5.10 Å². The van der Waals surface area contributed by atoms with Crippen LogP contribution in [0.2, 0.25) is 0 Å². The summed E-state index contributed by atoms with van der Waals surface area (Å²) in [5.41, 5.74) is 3.00. The van der Waals surface area contributed by atoms with Crippen LogP contribution in [0.4, 0.5) is 0 Å². The summed E-state index contributed by atoms with van der Waals surface area (Å²) < 4.78 is 1.62. The van der Waals surface area contributed by atoms with Gasteiger partial charge in [0, 0.05) is 24.7 Å². The number of hydrogen-bond donors (Lipinski definition) is 1. The predicted molar refractivity (Wildman–Crippen MR) is 73.8 cm³/mol. The highest BCUT2D eigenvalue weighted by Gasteiger charge is 2.21. The zero-order chi connectivity index (χ0) is 14.7. The number of rotatable bonds is 5. The molecule has 1 heterocycles. The number of aliphatic carboxylic acids is 1. The van der Waals surface area contributed by atoms with Gasteiger partial charge in [0.15, 0.2) is 5.78 Å². The Kier molecular flexibility index (Phi) is 3.98. The van der Waals surface area contributed by atoms with Gasteiger partial charge in [0.2, 0.25) is 0 Å². The smallest absolute Gasteiger partial charge is 0.311 e. The number of nitrogens with zero attached hydrogens (tertiary/aromatic N) is 2. The van der Waals surface area contributed by atoms with Crippen LogP contribution in [0.1, 0.15) is 33.7 Å². The molecule has 0 fully saturated rings. The third kappa shape index (κ3) is 2.93. The zero-order valence-electron chi connectivity index (χ0n) is 11.5. The molecule has 2 rings (SSSR count). The molecule has 0 unspecified atom stereocenters. The van der Waals surface area contributed by atoms with E-state index in [0.717, 1.165) is 16.8 Å². The van der Waals surface area contributed by atoms with Crippen LogP contribution >= 0.6 is 0 Å². The van der Waals surface area contributed by atoms with Crippen LogP contribution in [-0.4, -0.2) is 26.6 Å². The van der Waals surface area contributed by atoms with Crippen molar-refractivity contribution in [3.05, 3.63) is 52.8 Å². The molecule has 0 saturated carbocycles. The first kappa shape index (κ1) is 14.0. The normalized spacial score (nSPS) is 10.5. The Morgan fingerprint density at radius 3 is 2.50 bits per heavy atom. The standard InChI is InChI=1S/C15H16N2O3/c1-10-12(8-11-6-4-3-5-7-11)15(16-17(10)2)13(18)9-14(19)20/h3-7H,8-9H2,1-2H3,(H,19,20). The zero-order valence-corrected chi connectivity index (χ0v) is 11.5. The Bertz CT molecular complexity index is 645. The van der Waals surface area contributed by atoms with Gasteiger partial charge in [-0.1, -0.05) is 30.3 Å². The van der Waals surface area contributed by atoms with Crippen LogP contribution in [0.3, 0.4) is 0 Å². The van der Waals surface area contributed by atoms with Gasteiger partial charge in [0.25, 0.3) is 0 Å². The Balaban J connectivity index is 2.36. The molecule has 20 heavy (non-hydrogen) atoms. The summed E-state index contributed by atoms with van der Waals surface area (Å²) >= 11 is 0. The summed E-state index contributed by atoms with van der Waals surface area (Å²) in [5, 5.41) is 12.9. The fraction of sp³-hybridized carbons (Fsp3) is 0.267. The molecule has 0 aliphatic carbocycles. The molecular formula is C15H16N2O3. The maximum atomic E-state index is 12.0. The van der Waals surface area contributed by atoms with Crippen molar-refractivity contribution >= 4 is 11.8 Å². The SMILES string of the molecule is Cc1c(Cc2ccccc2)c(C(=O)CC(=O)O)nn1C. The minimum Gasteiger partial charge on any atom is -0.481 e. The number of ketones is 1.